The third-order valence-electron chi connectivity index (χ3n) is 6.11. The van der Waals surface area contributed by atoms with Crippen molar-refractivity contribution in [3.8, 4) is 5.75 Å². The highest BCUT2D eigenvalue weighted by molar-refractivity contribution is 7.88. The predicted octanol–water partition coefficient (Wildman–Crippen LogP) is 2.98. The predicted molar refractivity (Wildman–Crippen MR) is 143 cm³/mol. The van der Waals surface area contributed by atoms with E-state index in [1.54, 1.807) is 13.2 Å². The SMILES string of the molecule is COc1ccccc1CNC(=O)[C@H](Cc1ccccc1)N(Cc1ccc(F)cc1)C(=O)CN(C)S(C)(=O)=O. The van der Waals surface area contributed by atoms with Gasteiger partial charge in [-0.25, -0.2) is 12.8 Å². The van der Waals surface area contributed by atoms with Crippen molar-refractivity contribution < 1.29 is 27.1 Å². The van der Waals surface area contributed by atoms with Gasteiger partial charge in [-0.2, -0.15) is 4.31 Å². The molecular weight excluding hydrogens is 509 g/mol. The van der Waals surface area contributed by atoms with Crippen molar-refractivity contribution in [1.29, 1.82) is 0 Å². The van der Waals surface area contributed by atoms with Crippen LogP contribution in [0.15, 0.2) is 78.9 Å². The summed E-state index contributed by atoms with van der Waals surface area (Å²) in [6.45, 7) is -0.308. The number of methoxy groups -OCH3 is 1. The van der Waals surface area contributed by atoms with Gasteiger partial charge in [0.2, 0.25) is 21.8 Å². The second-order valence-electron chi connectivity index (χ2n) is 8.90. The Balaban J connectivity index is 1.96. The standard InChI is InChI=1S/C28H32FN3O5S/c1-31(38(3,35)36)20-27(33)32(19-22-13-15-24(29)16-14-22)25(17-21-9-5-4-6-10-21)28(34)30-18-23-11-7-8-12-26(23)37-2/h4-16,25H,17-20H2,1-3H3,(H,30,34)/t25-/m0/s1. The van der Waals surface area contributed by atoms with Crippen molar-refractivity contribution in [2.24, 2.45) is 0 Å². The van der Waals surface area contributed by atoms with E-state index in [1.807, 2.05) is 48.5 Å². The molecule has 3 aromatic carbocycles. The Morgan fingerprint density at radius 2 is 1.58 bits per heavy atom. The van der Waals surface area contributed by atoms with Gasteiger partial charge in [0.1, 0.15) is 17.6 Å². The molecule has 0 spiro atoms. The Kier molecular flexibility index (Phi) is 9.98. The summed E-state index contributed by atoms with van der Waals surface area (Å²) in [5.74, 6) is -0.798. The topological polar surface area (TPSA) is 96.0 Å². The van der Waals surface area contributed by atoms with Gasteiger partial charge in [0.05, 0.1) is 19.9 Å². The molecule has 0 aliphatic rings. The maximum absolute atomic E-state index is 13.7. The van der Waals surface area contributed by atoms with Gasteiger partial charge >= 0.3 is 0 Å². The second kappa shape index (κ2) is 13.2. The lowest BCUT2D eigenvalue weighted by atomic mass is 10.0. The molecule has 1 N–H and O–H groups in total. The number of ether oxygens (including phenoxy) is 1. The molecule has 0 saturated carbocycles. The quantitative estimate of drug-likeness (QED) is 0.380. The highest BCUT2D eigenvalue weighted by Crippen LogP contribution is 2.19. The first-order valence-corrected chi connectivity index (χ1v) is 13.8. The first kappa shape index (κ1) is 28.8. The number of carbonyl (C=O) groups is 2. The molecule has 8 nitrogen and oxygen atoms in total. The van der Waals surface area contributed by atoms with Crippen molar-refractivity contribution in [2.45, 2.75) is 25.6 Å². The molecule has 1 atom stereocenters. The van der Waals surface area contributed by atoms with Crippen LogP contribution in [0.2, 0.25) is 0 Å². The van der Waals surface area contributed by atoms with Crippen LogP contribution >= 0.6 is 0 Å². The van der Waals surface area contributed by atoms with Crippen molar-refractivity contribution in [3.63, 3.8) is 0 Å². The van der Waals surface area contributed by atoms with E-state index in [9.17, 15) is 22.4 Å². The fourth-order valence-corrected chi connectivity index (χ4v) is 4.23. The van der Waals surface area contributed by atoms with Gasteiger partial charge < -0.3 is 15.0 Å². The number of hydrogen-bond acceptors (Lipinski definition) is 5. The van der Waals surface area contributed by atoms with Crippen LogP contribution in [0, 0.1) is 5.82 Å². The van der Waals surface area contributed by atoms with Crippen molar-refractivity contribution >= 4 is 21.8 Å². The summed E-state index contributed by atoms with van der Waals surface area (Å²) in [5.41, 5.74) is 2.17. The molecule has 38 heavy (non-hydrogen) atoms. The van der Waals surface area contributed by atoms with Gasteiger partial charge in [0, 0.05) is 32.1 Å². The molecule has 0 fully saturated rings. The van der Waals surface area contributed by atoms with Gasteiger partial charge in [0.15, 0.2) is 0 Å². The monoisotopic (exact) mass is 541 g/mol. The zero-order chi connectivity index (χ0) is 27.7. The van der Waals surface area contributed by atoms with Crippen LogP contribution in [0.4, 0.5) is 4.39 Å². The lowest BCUT2D eigenvalue weighted by molar-refractivity contribution is -0.141. The van der Waals surface area contributed by atoms with Crippen LogP contribution in [0.1, 0.15) is 16.7 Å². The fraction of sp³-hybridized carbons (Fsp3) is 0.286. The van der Waals surface area contributed by atoms with Crippen LogP contribution in [0.3, 0.4) is 0 Å². The molecule has 0 aliphatic carbocycles. The number of benzene rings is 3. The molecule has 3 rings (SSSR count). The van der Waals surface area contributed by atoms with Crippen LogP contribution in [-0.4, -0.2) is 62.4 Å². The van der Waals surface area contributed by atoms with Gasteiger partial charge in [-0.3, -0.25) is 9.59 Å². The van der Waals surface area contributed by atoms with E-state index in [2.05, 4.69) is 5.32 Å². The minimum absolute atomic E-state index is 0.0176. The molecule has 0 radical (unpaired) electrons. The summed E-state index contributed by atoms with van der Waals surface area (Å²) >= 11 is 0. The van der Waals surface area contributed by atoms with Crippen LogP contribution in [0.5, 0.6) is 5.75 Å². The summed E-state index contributed by atoms with van der Waals surface area (Å²) in [6, 6.07) is 21.1. The Morgan fingerprint density at radius 1 is 0.947 bits per heavy atom. The molecule has 0 aromatic heterocycles. The lowest BCUT2D eigenvalue weighted by Gasteiger charge is -2.32. The highest BCUT2D eigenvalue weighted by atomic mass is 32.2. The number of rotatable bonds is 12. The van der Waals surface area contributed by atoms with Crippen molar-refractivity contribution in [3.05, 3.63) is 101 Å². The number of likely N-dealkylation sites (N-methyl/N-ethyl adjacent to an activating group) is 1. The average molecular weight is 542 g/mol. The van der Waals surface area contributed by atoms with Crippen LogP contribution in [-0.2, 0) is 39.1 Å². The van der Waals surface area contributed by atoms with Crippen LogP contribution < -0.4 is 10.1 Å². The van der Waals surface area contributed by atoms with E-state index in [0.717, 1.165) is 21.7 Å². The minimum atomic E-state index is -3.65. The first-order chi connectivity index (χ1) is 18.1. The van der Waals surface area contributed by atoms with Gasteiger partial charge in [-0.15, -0.1) is 0 Å². The molecule has 10 heteroatoms. The molecule has 0 heterocycles. The number of amides is 2. The second-order valence-corrected chi connectivity index (χ2v) is 11.0. The van der Waals surface area contributed by atoms with Gasteiger partial charge in [-0.05, 0) is 29.3 Å². The number of halogens is 1. The summed E-state index contributed by atoms with van der Waals surface area (Å²) in [5, 5.41) is 2.90. The first-order valence-electron chi connectivity index (χ1n) is 12.0. The zero-order valence-corrected chi connectivity index (χ0v) is 22.4. The Hall–Kier alpha value is -3.76. The number of nitrogens with one attached hydrogen (secondary N) is 1. The molecule has 0 bridgehead atoms. The third kappa shape index (κ3) is 8.12. The van der Waals surface area contributed by atoms with Crippen molar-refractivity contribution in [1.82, 2.24) is 14.5 Å². The van der Waals surface area contributed by atoms with E-state index in [-0.39, 0.29) is 19.5 Å². The maximum Gasteiger partial charge on any atom is 0.243 e. The summed E-state index contributed by atoms with van der Waals surface area (Å²) in [6.07, 6.45) is 1.19. The zero-order valence-electron chi connectivity index (χ0n) is 21.6. The molecule has 2 amide bonds. The Morgan fingerprint density at radius 3 is 2.21 bits per heavy atom. The fourth-order valence-electron chi connectivity index (χ4n) is 3.89. The average Bonchev–Trinajstić information content (AvgIpc) is 2.90. The van der Waals surface area contributed by atoms with E-state index in [0.29, 0.717) is 11.3 Å². The summed E-state index contributed by atoms with van der Waals surface area (Å²) in [4.78, 5) is 28.5. The van der Waals surface area contributed by atoms with Crippen LogP contribution in [0.25, 0.3) is 0 Å². The number of hydrogen-bond donors (Lipinski definition) is 1. The largest absolute Gasteiger partial charge is 0.496 e. The molecule has 3 aromatic rings. The molecule has 0 saturated heterocycles. The minimum Gasteiger partial charge on any atom is -0.496 e. The number of nitrogens with zero attached hydrogens (tertiary/aromatic N) is 2. The number of carbonyl (C=O) groups excluding carboxylic acids is 2. The van der Waals surface area contributed by atoms with Gasteiger partial charge in [0.25, 0.3) is 0 Å². The summed E-state index contributed by atoms with van der Waals surface area (Å²) in [7, 11) is -0.802. The lowest BCUT2D eigenvalue weighted by Crippen LogP contribution is -2.52. The molecule has 202 valence electrons. The Bertz CT molecular complexity index is 1330. The molecular formula is C28H32FN3O5S. The van der Waals surface area contributed by atoms with Gasteiger partial charge in [-0.1, -0.05) is 60.7 Å². The molecule has 0 aliphatic heterocycles. The van der Waals surface area contributed by atoms with Crippen molar-refractivity contribution in [2.75, 3.05) is 27.0 Å². The summed E-state index contributed by atoms with van der Waals surface area (Å²) < 4.78 is 43.9. The molecule has 0 unspecified atom stereocenters. The maximum atomic E-state index is 13.7. The van der Waals surface area contributed by atoms with E-state index < -0.39 is 40.2 Å². The normalized spacial score (nSPS) is 12.1. The number of para-hydroxylation sites is 1. The van der Waals surface area contributed by atoms with E-state index in [4.69, 9.17) is 4.74 Å². The number of sulfonamides is 1. The third-order valence-corrected chi connectivity index (χ3v) is 7.37. The van der Waals surface area contributed by atoms with E-state index in [1.165, 1.54) is 36.2 Å². The highest BCUT2D eigenvalue weighted by Gasteiger charge is 2.32. The van der Waals surface area contributed by atoms with E-state index >= 15 is 0 Å². The Labute approximate surface area is 223 Å². The smallest absolute Gasteiger partial charge is 0.243 e.